The van der Waals surface area contributed by atoms with E-state index in [1.54, 1.807) is 13.2 Å². The summed E-state index contributed by atoms with van der Waals surface area (Å²) in [6.07, 6.45) is -0.438. The van der Waals surface area contributed by atoms with Crippen LogP contribution in [0.5, 0.6) is 11.5 Å². The zero-order valence-electron chi connectivity index (χ0n) is 18.7. The molecule has 0 saturated heterocycles. The number of nitrogens with zero attached hydrogens (tertiary/aromatic N) is 3. The summed E-state index contributed by atoms with van der Waals surface area (Å²) in [5, 5.41) is 9.89. The maximum absolute atomic E-state index is 6.76. The number of ether oxygens (including phenoxy) is 2. The first-order chi connectivity index (χ1) is 16.9. The first-order valence-electron chi connectivity index (χ1n) is 10.9. The van der Waals surface area contributed by atoms with Gasteiger partial charge in [0.2, 0.25) is 5.95 Å². The van der Waals surface area contributed by atoms with Gasteiger partial charge in [0, 0.05) is 26.2 Å². The molecular weight excluding hydrogens is 507 g/mol. The van der Waals surface area contributed by atoms with Crippen molar-refractivity contribution in [2.45, 2.75) is 19.1 Å². The van der Waals surface area contributed by atoms with Crippen LogP contribution in [0.3, 0.4) is 0 Å². The molecule has 0 saturated carbocycles. The Hall–Kier alpha value is -3.19. The van der Waals surface area contributed by atoms with Crippen LogP contribution < -0.4 is 14.8 Å². The van der Waals surface area contributed by atoms with E-state index in [1.807, 2.05) is 66.2 Å². The van der Waals surface area contributed by atoms with Gasteiger partial charge < -0.3 is 14.8 Å². The number of benzene rings is 3. The number of methoxy groups -OCH3 is 1. The molecule has 1 aromatic heterocycles. The molecular formula is C26H19Cl3N4O2. The minimum atomic E-state index is -0.438. The summed E-state index contributed by atoms with van der Waals surface area (Å²) in [7, 11) is 1.64. The molecule has 2 aliphatic heterocycles. The lowest BCUT2D eigenvalue weighted by Gasteiger charge is -2.39. The quantitative estimate of drug-likeness (QED) is 0.309. The molecule has 176 valence electrons. The summed E-state index contributed by atoms with van der Waals surface area (Å²) < 4.78 is 13.8. The normalized spacial score (nSPS) is 18.2. The fourth-order valence-electron chi connectivity index (χ4n) is 4.68. The lowest BCUT2D eigenvalue weighted by atomic mass is 9.84. The predicted octanol–water partition coefficient (Wildman–Crippen LogP) is 7.12. The van der Waals surface area contributed by atoms with Gasteiger partial charge in [-0.2, -0.15) is 10.1 Å². The maximum atomic E-state index is 6.76. The largest absolute Gasteiger partial charge is 0.497 e. The number of hydrogen-bond donors (Lipinski definition) is 1. The molecule has 1 N–H and O–H groups in total. The van der Waals surface area contributed by atoms with E-state index in [-0.39, 0.29) is 0 Å². The molecule has 0 unspecified atom stereocenters. The van der Waals surface area contributed by atoms with Crippen LogP contribution in [0.1, 0.15) is 34.7 Å². The Balaban J connectivity index is 1.64. The standard InChI is InChI=1S/C26H19Cl3N4O2/c1-13-30-26-31-23-19-11-15(27)6-10-21(19)35-25(14-3-7-17(34-2)8-4-14)22(23)24(33(26)32-13)18-9-5-16(28)12-20(18)29/h3-12,24-25H,1-2H3,(H,30,31,32)/t24-,25-/m1/s1. The van der Waals surface area contributed by atoms with Gasteiger partial charge in [-0.3, -0.25) is 0 Å². The second-order valence-electron chi connectivity index (χ2n) is 8.36. The third-order valence-corrected chi connectivity index (χ3v) is 7.01. The van der Waals surface area contributed by atoms with E-state index in [0.717, 1.165) is 33.7 Å². The minimum Gasteiger partial charge on any atom is -0.497 e. The highest BCUT2D eigenvalue weighted by molar-refractivity contribution is 6.35. The summed E-state index contributed by atoms with van der Waals surface area (Å²) in [4.78, 5) is 4.63. The molecule has 0 radical (unpaired) electrons. The molecule has 0 fully saturated rings. The fraction of sp³-hybridized carbons (Fsp3) is 0.154. The van der Waals surface area contributed by atoms with E-state index >= 15 is 0 Å². The van der Waals surface area contributed by atoms with Crippen LogP contribution in [-0.2, 0) is 0 Å². The molecule has 2 atom stereocenters. The van der Waals surface area contributed by atoms with Crippen molar-refractivity contribution in [1.82, 2.24) is 14.8 Å². The molecule has 35 heavy (non-hydrogen) atoms. The molecule has 0 bridgehead atoms. The van der Waals surface area contributed by atoms with Crippen molar-refractivity contribution in [3.05, 3.63) is 104 Å². The average molecular weight is 526 g/mol. The number of fused-ring (bicyclic) bond motifs is 3. The lowest BCUT2D eigenvalue weighted by molar-refractivity contribution is 0.223. The number of halogens is 3. The van der Waals surface area contributed by atoms with Crippen LogP contribution in [0.25, 0.3) is 5.70 Å². The van der Waals surface area contributed by atoms with Crippen molar-refractivity contribution in [1.29, 1.82) is 0 Å². The predicted molar refractivity (Wildman–Crippen MR) is 138 cm³/mol. The Labute approximate surface area is 217 Å². The molecule has 3 aromatic carbocycles. The van der Waals surface area contributed by atoms with Gasteiger partial charge in [-0.05, 0) is 60.5 Å². The molecule has 0 amide bonds. The first kappa shape index (κ1) is 22.3. The van der Waals surface area contributed by atoms with Crippen molar-refractivity contribution in [2.24, 2.45) is 0 Å². The summed E-state index contributed by atoms with van der Waals surface area (Å²) in [6, 6.07) is 18.5. The fourth-order valence-corrected chi connectivity index (χ4v) is 5.37. The van der Waals surface area contributed by atoms with Gasteiger partial charge in [0.05, 0.1) is 12.8 Å². The Morgan fingerprint density at radius 2 is 1.71 bits per heavy atom. The van der Waals surface area contributed by atoms with Crippen molar-refractivity contribution in [3.63, 3.8) is 0 Å². The van der Waals surface area contributed by atoms with E-state index < -0.39 is 12.1 Å². The molecule has 0 aliphatic carbocycles. The Morgan fingerprint density at radius 3 is 2.46 bits per heavy atom. The monoisotopic (exact) mass is 524 g/mol. The topological polar surface area (TPSA) is 61.2 Å². The maximum Gasteiger partial charge on any atom is 0.226 e. The highest BCUT2D eigenvalue weighted by atomic mass is 35.5. The first-order valence-corrected chi connectivity index (χ1v) is 12.1. The summed E-state index contributed by atoms with van der Waals surface area (Å²) in [5.74, 6) is 2.72. The third kappa shape index (κ3) is 3.73. The van der Waals surface area contributed by atoms with E-state index in [2.05, 4.69) is 10.3 Å². The van der Waals surface area contributed by atoms with Crippen LogP contribution in [0.4, 0.5) is 5.95 Å². The van der Waals surface area contributed by atoms with Crippen LogP contribution in [-0.4, -0.2) is 21.9 Å². The highest BCUT2D eigenvalue weighted by Crippen LogP contribution is 2.52. The molecule has 2 aliphatic rings. The number of rotatable bonds is 3. The Kier molecular flexibility index (Phi) is 5.40. The summed E-state index contributed by atoms with van der Waals surface area (Å²) in [5.41, 5.74) is 4.44. The number of aromatic nitrogens is 3. The van der Waals surface area contributed by atoms with Crippen LogP contribution >= 0.6 is 34.8 Å². The molecule has 3 heterocycles. The molecule has 9 heteroatoms. The molecule has 0 spiro atoms. The average Bonchev–Trinajstić information content (AvgIpc) is 3.22. The van der Waals surface area contributed by atoms with Gasteiger partial charge in [-0.25, -0.2) is 4.68 Å². The van der Waals surface area contributed by atoms with Crippen molar-refractivity contribution < 1.29 is 9.47 Å². The van der Waals surface area contributed by atoms with Gasteiger partial charge >= 0.3 is 0 Å². The zero-order chi connectivity index (χ0) is 24.3. The van der Waals surface area contributed by atoms with Crippen LogP contribution in [0.15, 0.2) is 66.2 Å². The van der Waals surface area contributed by atoms with E-state index in [0.29, 0.717) is 32.6 Å². The molecule has 6 nitrogen and oxygen atoms in total. The summed E-state index contributed by atoms with van der Waals surface area (Å²) in [6.45, 7) is 1.86. The van der Waals surface area contributed by atoms with Crippen molar-refractivity contribution in [3.8, 4) is 11.5 Å². The van der Waals surface area contributed by atoms with E-state index in [9.17, 15) is 0 Å². The highest BCUT2D eigenvalue weighted by Gasteiger charge is 2.42. The van der Waals surface area contributed by atoms with Gasteiger partial charge in [0.15, 0.2) is 0 Å². The van der Waals surface area contributed by atoms with Gasteiger partial charge in [0.25, 0.3) is 0 Å². The number of hydrogen-bond acceptors (Lipinski definition) is 5. The number of anilines is 1. The Bertz CT molecular complexity index is 1500. The summed E-state index contributed by atoms with van der Waals surface area (Å²) >= 11 is 19.4. The SMILES string of the molecule is COc1ccc([C@H]2Oc3ccc(Cl)cc3C3=C2[C@@H](c2ccc(Cl)cc2Cl)n2nc(C)nc2N3)cc1. The van der Waals surface area contributed by atoms with E-state index in [4.69, 9.17) is 49.4 Å². The third-order valence-electron chi connectivity index (χ3n) is 6.22. The second-order valence-corrected chi connectivity index (χ2v) is 9.64. The molecule has 6 rings (SSSR count). The number of aryl methyl sites for hydroxylation is 1. The minimum absolute atomic E-state index is 0.397. The van der Waals surface area contributed by atoms with Crippen LogP contribution in [0.2, 0.25) is 15.1 Å². The van der Waals surface area contributed by atoms with Gasteiger partial charge in [-0.15, -0.1) is 0 Å². The van der Waals surface area contributed by atoms with Gasteiger partial charge in [-0.1, -0.05) is 53.0 Å². The van der Waals surface area contributed by atoms with Gasteiger partial charge in [0.1, 0.15) is 29.5 Å². The lowest BCUT2D eigenvalue weighted by Crippen LogP contribution is -2.32. The smallest absolute Gasteiger partial charge is 0.226 e. The zero-order valence-corrected chi connectivity index (χ0v) is 21.0. The second kappa shape index (κ2) is 8.48. The molecule has 4 aromatic rings. The Morgan fingerprint density at radius 1 is 0.971 bits per heavy atom. The van der Waals surface area contributed by atoms with Crippen molar-refractivity contribution in [2.75, 3.05) is 12.4 Å². The van der Waals surface area contributed by atoms with E-state index in [1.165, 1.54) is 0 Å². The van der Waals surface area contributed by atoms with Crippen molar-refractivity contribution >= 4 is 46.4 Å². The number of nitrogens with one attached hydrogen (secondary N) is 1. The van der Waals surface area contributed by atoms with Crippen LogP contribution in [0, 0.1) is 6.92 Å².